The molecule has 2 nitrogen and oxygen atoms in total. The smallest absolute Gasteiger partial charge is 0.423 e. The van der Waals surface area contributed by atoms with E-state index < -0.39 is 7.12 Å². The van der Waals surface area contributed by atoms with Gasteiger partial charge in [0.25, 0.3) is 0 Å². The minimum atomic E-state index is -1.49. The van der Waals surface area contributed by atoms with Gasteiger partial charge in [0, 0.05) is 19.8 Å². The van der Waals surface area contributed by atoms with Gasteiger partial charge in [-0.3, -0.25) is 0 Å². The molecule has 0 fully saturated rings. The van der Waals surface area contributed by atoms with Crippen LogP contribution in [0, 0.1) is 0 Å². The third kappa shape index (κ3) is 6.38. The first-order chi connectivity index (χ1) is 16.5. The van der Waals surface area contributed by atoms with Crippen LogP contribution in [0.25, 0.3) is 11.1 Å². The summed E-state index contributed by atoms with van der Waals surface area (Å²) in [7, 11) is -1.49. The van der Waals surface area contributed by atoms with Gasteiger partial charge in [-0.15, -0.1) is 0 Å². The topological polar surface area (TPSA) is 40.5 Å². The minimum absolute atomic E-state index is 0.174. The Morgan fingerprint density at radius 1 is 0.706 bits per heavy atom. The standard InChI is InChI=1S/C29H41BBr2O2/c1-3-5-7-9-11-13-19-29(20-14-12-10-8-6-4-2)25-21-22(31)15-16-23(25)24-17-18-26(32)28(27(24)29)30(33)34/h15-18,21,33-34H,3-14,19-20H2,1-2H3. The van der Waals surface area contributed by atoms with Crippen molar-refractivity contribution in [3.05, 3.63) is 50.4 Å². The highest BCUT2D eigenvalue weighted by molar-refractivity contribution is 9.11. The lowest BCUT2D eigenvalue weighted by Crippen LogP contribution is -2.40. The van der Waals surface area contributed by atoms with Crippen molar-refractivity contribution in [2.75, 3.05) is 0 Å². The Balaban J connectivity index is 1.99. The van der Waals surface area contributed by atoms with Crippen molar-refractivity contribution in [3.63, 3.8) is 0 Å². The zero-order chi connectivity index (χ0) is 24.6. The molecule has 1 aliphatic rings. The molecule has 0 unspecified atom stereocenters. The second-order valence-corrected chi connectivity index (χ2v) is 11.8. The number of fused-ring (bicyclic) bond motifs is 3. The molecule has 0 radical (unpaired) electrons. The molecule has 2 N–H and O–H groups in total. The number of hydrogen-bond donors (Lipinski definition) is 2. The normalized spacial score (nSPS) is 13.7. The molecule has 0 heterocycles. The first-order valence-corrected chi connectivity index (χ1v) is 15.0. The van der Waals surface area contributed by atoms with Crippen LogP contribution in [0.3, 0.4) is 0 Å². The van der Waals surface area contributed by atoms with E-state index in [0.29, 0.717) is 5.46 Å². The summed E-state index contributed by atoms with van der Waals surface area (Å²) < 4.78 is 1.89. The molecule has 34 heavy (non-hydrogen) atoms. The zero-order valence-corrected chi connectivity index (χ0v) is 24.2. The molecule has 0 amide bonds. The third-order valence-electron chi connectivity index (χ3n) is 7.63. The van der Waals surface area contributed by atoms with Crippen molar-refractivity contribution in [3.8, 4) is 11.1 Å². The van der Waals surface area contributed by atoms with Gasteiger partial charge in [-0.05, 0) is 53.3 Å². The molecule has 0 atom stereocenters. The molecule has 0 spiro atoms. The van der Waals surface area contributed by atoms with E-state index in [4.69, 9.17) is 0 Å². The molecular weight excluding hydrogens is 551 g/mol. The van der Waals surface area contributed by atoms with Crippen LogP contribution in [0.5, 0.6) is 0 Å². The predicted molar refractivity (Wildman–Crippen MR) is 154 cm³/mol. The predicted octanol–water partition coefficient (Wildman–Crippen LogP) is 8.66. The number of halogens is 2. The molecule has 186 valence electrons. The lowest BCUT2D eigenvalue weighted by Gasteiger charge is -2.35. The maximum Gasteiger partial charge on any atom is 0.489 e. The summed E-state index contributed by atoms with van der Waals surface area (Å²) in [5.74, 6) is 0. The molecule has 0 saturated heterocycles. The summed E-state index contributed by atoms with van der Waals surface area (Å²) in [4.78, 5) is 0. The number of benzene rings is 2. The van der Waals surface area contributed by atoms with Crippen molar-refractivity contribution in [2.45, 2.75) is 109 Å². The molecule has 0 bridgehead atoms. The van der Waals surface area contributed by atoms with Crippen LogP contribution in [0.1, 0.15) is 115 Å². The lowest BCUT2D eigenvalue weighted by molar-refractivity contribution is 0.394. The van der Waals surface area contributed by atoms with Crippen molar-refractivity contribution < 1.29 is 10.0 Å². The zero-order valence-electron chi connectivity index (χ0n) is 21.0. The highest BCUT2D eigenvalue weighted by Gasteiger charge is 2.45. The van der Waals surface area contributed by atoms with Crippen molar-refractivity contribution in [2.24, 2.45) is 0 Å². The van der Waals surface area contributed by atoms with Crippen LogP contribution in [0.15, 0.2) is 39.3 Å². The average Bonchev–Trinajstić information content (AvgIpc) is 3.07. The second kappa shape index (κ2) is 13.6. The van der Waals surface area contributed by atoms with E-state index in [9.17, 15) is 10.0 Å². The van der Waals surface area contributed by atoms with E-state index in [-0.39, 0.29) is 5.41 Å². The SMILES string of the molecule is CCCCCCCCC1(CCCCCCCC)c2cc(Br)ccc2-c2ccc(Br)c(B(O)O)c21. The van der Waals surface area contributed by atoms with Gasteiger partial charge >= 0.3 is 7.12 Å². The van der Waals surface area contributed by atoms with Crippen LogP contribution >= 0.6 is 31.9 Å². The highest BCUT2D eigenvalue weighted by Crippen LogP contribution is 2.54. The monoisotopic (exact) mass is 590 g/mol. The maximum atomic E-state index is 10.5. The van der Waals surface area contributed by atoms with Gasteiger partial charge in [-0.2, -0.15) is 0 Å². The van der Waals surface area contributed by atoms with Gasteiger partial charge in [-0.1, -0.05) is 135 Å². The summed E-state index contributed by atoms with van der Waals surface area (Å²) in [6.07, 6.45) is 17.3. The fraction of sp³-hybridized carbons (Fsp3) is 0.586. The largest absolute Gasteiger partial charge is 0.489 e. The maximum absolute atomic E-state index is 10.5. The second-order valence-electron chi connectivity index (χ2n) is 10.1. The molecular formula is C29H41BBr2O2. The molecule has 2 aromatic rings. The number of rotatable bonds is 15. The molecule has 5 heteroatoms. The van der Waals surface area contributed by atoms with E-state index in [2.05, 4.69) is 70.0 Å². The quantitative estimate of drug-likeness (QED) is 0.161. The Kier molecular flexibility index (Phi) is 11.2. The first-order valence-electron chi connectivity index (χ1n) is 13.5. The summed E-state index contributed by atoms with van der Waals surface area (Å²) in [5.41, 5.74) is 5.41. The molecule has 0 saturated carbocycles. The Labute approximate surface area is 224 Å². The molecule has 2 aromatic carbocycles. The fourth-order valence-corrected chi connectivity index (χ4v) is 6.82. The first kappa shape index (κ1) is 28.0. The van der Waals surface area contributed by atoms with E-state index >= 15 is 0 Å². The van der Waals surface area contributed by atoms with Gasteiger partial charge in [-0.25, -0.2) is 0 Å². The fourth-order valence-electron chi connectivity index (χ4n) is 5.93. The summed E-state index contributed by atoms with van der Waals surface area (Å²) in [5, 5.41) is 21.0. The molecule has 0 aliphatic heterocycles. The molecule has 3 rings (SSSR count). The average molecular weight is 592 g/mol. The van der Waals surface area contributed by atoms with Crippen LogP contribution < -0.4 is 5.46 Å². The Hall–Kier alpha value is -0.615. The van der Waals surface area contributed by atoms with E-state index in [1.807, 2.05) is 6.07 Å². The van der Waals surface area contributed by atoms with E-state index in [1.54, 1.807) is 0 Å². The van der Waals surface area contributed by atoms with Gasteiger partial charge in [0.15, 0.2) is 0 Å². The van der Waals surface area contributed by atoms with Crippen molar-refractivity contribution >= 4 is 44.4 Å². The third-order valence-corrected chi connectivity index (χ3v) is 8.82. The van der Waals surface area contributed by atoms with Crippen molar-refractivity contribution in [1.82, 2.24) is 0 Å². The Morgan fingerprint density at radius 3 is 1.79 bits per heavy atom. The van der Waals surface area contributed by atoms with Gasteiger partial charge < -0.3 is 10.0 Å². The molecule has 1 aliphatic carbocycles. The van der Waals surface area contributed by atoms with E-state index in [1.165, 1.54) is 93.7 Å². The summed E-state index contributed by atoms with van der Waals surface area (Å²) in [6, 6.07) is 10.8. The summed E-state index contributed by atoms with van der Waals surface area (Å²) in [6.45, 7) is 4.53. The summed E-state index contributed by atoms with van der Waals surface area (Å²) >= 11 is 7.39. The highest BCUT2D eigenvalue weighted by atomic mass is 79.9. The van der Waals surface area contributed by atoms with Gasteiger partial charge in [0.2, 0.25) is 0 Å². The minimum Gasteiger partial charge on any atom is -0.423 e. The van der Waals surface area contributed by atoms with Crippen LogP contribution in [0.2, 0.25) is 0 Å². The Morgan fingerprint density at radius 2 is 1.24 bits per heavy atom. The Bertz CT molecular complexity index is 913. The molecule has 0 aromatic heterocycles. The van der Waals surface area contributed by atoms with Crippen LogP contribution in [0.4, 0.5) is 0 Å². The van der Waals surface area contributed by atoms with Crippen LogP contribution in [-0.4, -0.2) is 17.2 Å². The van der Waals surface area contributed by atoms with Gasteiger partial charge in [0.1, 0.15) is 0 Å². The van der Waals surface area contributed by atoms with Crippen LogP contribution in [-0.2, 0) is 5.41 Å². The van der Waals surface area contributed by atoms with Crippen molar-refractivity contribution in [1.29, 1.82) is 0 Å². The lowest BCUT2D eigenvalue weighted by atomic mass is 9.64. The van der Waals surface area contributed by atoms with E-state index in [0.717, 1.165) is 27.4 Å². The number of hydrogen-bond acceptors (Lipinski definition) is 2. The number of unbranched alkanes of at least 4 members (excludes halogenated alkanes) is 10. The van der Waals surface area contributed by atoms with Gasteiger partial charge in [0.05, 0.1) is 0 Å².